The SMILES string of the molecule is COc1cccc2c1C1OC(=O)CC1C2. The summed E-state index contributed by atoms with van der Waals surface area (Å²) >= 11 is 0. The van der Waals surface area contributed by atoms with Gasteiger partial charge < -0.3 is 9.47 Å². The number of hydrogen-bond acceptors (Lipinski definition) is 3. The molecule has 0 aromatic heterocycles. The second-order valence-corrected chi connectivity index (χ2v) is 4.11. The minimum atomic E-state index is -0.0819. The second-order valence-electron chi connectivity index (χ2n) is 4.11. The first-order valence-corrected chi connectivity index (χ1v) is 5.15. The molecule has 2 unspecified atom stereocenters. The highest BCUT2D eigenvalue weighted by Crippen LogP contribution is 2.48. The third-order valence-electron chi connectivity index (χ3n) is 3.26. The first kappa shape index (κ1) is 8.77. The average Bonchev–Trinajstić information content (AvgIpc) is 2.72. The van der Waals surface area contributed by atoms with Gasteiger partial charge in [0, 0.05) is 11.5 Å². The number of ether oxygens (including phenoxy) is 2. The third kappa shape index (κ3) is 1.16. The molecule has 3 nitrogen and oxygen atoms in total. The van der Waals surface area contributed by atoms with Crippen molar-refractivity contribution in [2.24, 2.45) is 5.92 Å². The molecule has 0 saturated carbocycles. The van der Waals surface area contributed by atoms with E-state index >= 15 is 0 Å². The van der Waals surface area contributed by atoms with Crippen molar-refractivity contribution >= 4 is 5.97 Å². The van der Waals surface area contributed by atoms with Gasteiger partial charge >= 0.3 is 5.97 Å². The lowest BCUT2D eigenvalue weighted by molar-refractivity contribution is -0.141. The van der Waals surface area contributed by atoms with Gasteiger partial charge in [-0.15, -0.1) is 0 Å². The summed E-state index contributed by atoms with van der Waals surface area (Å²) in [6.45, 7) is 0. The van der Waals surface area contributed by atoms with Crippen LogP contribution in [-0.2, 0) is 16.0 Å². The van der Waals surface area contributed by atoms with E-state index in [0.29, 0.717) is 12.3 Å². The molecule has 1 aromatic carbocycles. The van der Waals surface area contributed by atoms with Crippen molar-refractivity contribution < 1.29 is 14.3 Å². The summed E-state index contributed by atoms with van der Waals surface area (Å²) in [6, 6.07) is 6.00. The summed E-state index contributed by atoms with van der Waals surface area (Å²) < 4.78 is 10.6. The third-order valence-corrected chi connectivity index (χ3v) is 3.26. The van der Waals surface area contributed by atoms with Crippen LogP contribution in [0, 0.1) is 5.92 Å². The van der Waals surface area contributed by atoms with Crippen molar-refractivity contribution in [3.63, 3.8) is 0 Å². The zero-order valence-corrected chi connectivity index (χ0v) is 8.53. The highest BCUT2D eigenvalue weighted by molar-refractivity contribution is 5.73. The largest absolute Gasteiger partial charge is 0.496 e. The van der Waals surface area contributed by atoms with Crippen LogP contribution < -0.4 is 4.74 Å². The Balaban J connectivity index is 2.09. The molecule has 1 aliphatic carbocycles. The van der Waals surface area contributed by atoms with Crippen LogP contribution in [0.15, 0.2) is 18.2 Å². The van der Waals surface area contributed by atoms with Crippen molar-refractivity contribution in [2.45, 2.75) is 18.9 Å². The molecule has 15 heavy (non-hydrogen) atoms. The van der Waals surface area contributed by atoms with Gasteiger partial charge in [0.2, 0.25) is 0 Å². The van der Waals surface area contributed by atoms with Gasteiger partial charge in [-0.05, 0) is 18.1 Å². The number of esters is 1. The summed E-state index contributed by atoms with van der Waals surface area (Å²) in [5, 5.41) is 0. The number of carbonyl (C=O) groups excluding carboxylic acids is 1. The molecule has 0 radical (unpaired) electrons. The highest BCUT2D eigenvalue weighted by atomic mass is 16.6. The lowest BCUT2D eigenvalue weighted by Gasteiger charge is -2.12. The van der Waals surface area contributed by atoms with E-state index in [1.54, 1.807) is 7.11 Å². The Labute approximate surface area is 88.0 Å². The number of methoxy groups -OCH3 is 1. The molecule has 1 aromatic rings. The lowest BCUT2D eigenvalue weighted by Crippen LogP contribution is -2.01. The molecule has 1 aliphatic heterocycles. The van der Waals surface area contributed by atoms with Crippen molar-refractivity contribution in [3.8, 4) is 5.75 Å². The quantitative estimate of drug-likeness (QED) is 0.655. The maximum atomic E-state index is 11.2. The van der Waals surface area contributed by atoms with Gasteiger partial charge in [-0.25, -0.2) is 0 Å². The first-order valence-electron chi connectivity index (χ1n) is 5.15. The number of benzene rings is 1. The molecule has 1 saturated heterocycles. The molecule has 2 aliphatic rings. The van der Waals surface area contributed by atoms with Crippen molar-refractivity contribution in [1.29, 1.82) is 0 Å². The summed E-state index contributed by atoms with van der Waals surface area (Å²) in [4.78, 5) is 11.2. The zero-order chi connectivity index (χ0) is 10.4. The monoisotopic (exact) mass is 204 g/mol. The number of hydrogen-bond donors (Lipinski definition) is 0. The Morgan fingerprint density at radius 2 is 2.27 bits per heavy atom. The molecule has 1 heterocycles. The van der Waals surface area contributed by atoms with Crippen LogP contribution in [0.5, 0.6) is 5.75 Å². The first-order chi connectivity index (χ1) is 7.29. The fraction of sp³-hybridized carbons (Fsp3) is 0.417. The topological polar surface area (TPSA) is 35.5 Å². The fourth-order valence-corrected chi connectivity index (χ4v) is 2.63. The van der Waals surface area contributed by atoms with Crippen LogP contribution in [0.3, 0.4) is 0 Å². The van der Waals surface area contributed by atoms with E-state index in [-0.39, 0.29) is 12.1 Å². The van der Waals surface area contributed by atoms with E-state index < -0.39 is 0 Å². The maximum Gasteiger partial charge on any atom is 0.306 e. The normalized spacial score (nSPS) is 27.1. The van der Waals surface area contributed by atoms with E-state index in [1.165, 1.54) is 5.56 Å². The van der Waals surface area contributed by atoms with Crippen LogP contribution in [0.25, 0.3) is 0 Å². The molecule has 0 amide bonds. The van der Waals surface area contributed by atoms with E-state index in [0.717, 1.165) is 17.7 Å². The van der Waals surface area contributed by atoms with Crippen LogP contribution in [0.2, 0.25) is 0 Å². The summed E-state index contributed by atoms with van der Waals surface area (Å²) in [5.74, 6) is 1.08. The predicted molar refractivity (Wildman–Crippen MR) is 53.6 cm³/mol. The minimum absolute atomic E-state index is 0.0661. The van der Waals surface area contributed by atoms with Crippen molar-refractivity contribution in [1.82, 2.24) is 0 Å². The minimum Gasteiger partial charge on any atom is -0.496 e. The fourth-order valence-electron chi connectivity index (χ4n) is 2.63. The number of carbonyl (C=O) groups is 1. The van der Waals surface area contributed by atoms with Gasteiger partial charge in [0.1, 0.15) is 11.9 Å². The van der Waals surface area contributed by atoms with Crippen molar-refractivity contribution in [2.75, 3.05) is 7.11 Å². The van der Waals surface area contributed by atoms with E-state index in [9.17, 15) is 4.79 Å². The van der Waals surface area contributed by atoms with Crippen LogP contribution in [0.1, 0.15) is 23.7 Å². The molecule has 78 valence electrons. The molecule has 2 atom stereocenters. The number of rotatable bonds is 1. The molecule has 0 spiro atoms. The van der Waals surface area contributed by atoms with Gasteiger partial charge in [0.05, 0.1) is 13.5 Å². The molecule has 1 fully saturated rings. The van der Waals surface area contributed by atoms with Crippen LogP contribution in [-0.4, -0.2) is 13.1 Å². The van der Waals surface area contributed by atoms with E-state index in [2.05, 4.69) is 6.07 Å². The summed E-state index contributed by atoms with van der Waals surface area (Å²) in [5.41, 5.74) is 2.34. The smallest absolute Gasteiger partial charge is 0.306 e. The van der Waals surface area contributed by atoms with Gasteiger partial charge in [-0.1, -0.05) is 12.1 Å². The average molecular weight is 204 g/mol. The zero-order valence-electron chi connectivity index (χ0n) is 8.53. The van der Waals surface area contributed by atoms with Gasteiger partial charge in [-0.3, -0.25) is 4.79 Å². The van der Waals surface area contributed by atoms with Gasteiger partial charge in [0.15, 0.2) is 0 Å². The van der Waals surface area contributed by atoms with Gasteiger partial charge in [-0.2, -0.15) is 0 Å². The number of fused-ring (bicyclic) bond motifs is 3. The molecular weight excluding hydrogens is 192 g/mol. The predicted octanol–water partition coefficient (Wildman–Crippen LogP) is 1.86. The Bertz CT molecular complexity index is 425. The molecule has 3 rings (SSSR count). The molecule has 3 heteroatoms. The van der Waals surface area contributed by atoms with E-state index in [4.69, 9.17) is 9.47 Å². The van der Waals surface area contributed by atoms with Crippen molar-refractivity contribution in [3.05, 3.63) is 29.3 Å². The Kier molecular flexibility index (Phi) is 1.75. The highest BCUT2D eigenvalue weighted by Gasteiger charge is 2.43. The summed E-state index contributed by atoms with van der Waals surface area (Å²) in [6.07, 6.45) is 1.41. The Morgan fingerprint density at radius 3 is 3.07 bits per heavy atom. The standard InChI is InChI=1S/C12H12O3/c1-14-9-4-2-3-7-5-8-6-10(13)15-12(8)11(7)9/h2-4,8,12H,5-6H2,1H3. The molecular formula is C12H12O3. The Hall–Kier alpha value is -1.51. The second kappa shape index (κ2) is 2.99. The van der Waals surface area contributed by atoms with Crippen LogP contribution >= 0.6 is 0 Å². The van der Waals surface area contributed by atoms with Gasteiger partial charge in [0.25, 0.3) is 0 Å². The Morgan fingerprint density at radius 1 is 1.40 bits per heavy atom. The van der Waals surface area contributed by atoms with Crippen LogP contribution in [0.4, 0.5) is 0 Å². The molecule has 0 N–H and O–H groups in total. The lowest BCUT2D eigenvalue weighted by atomic mass is 10.0. The maximum absolute atomic E-state index is 11.2. The van der Waals surface area contributed by atoms with E-state index in [1.807, 2.05) is 12.1 Å². The summed E-state index contributed by atoms with van der Waals surface area (Å²) in [7, 11) is 1.65. The molecule has 0 bridgehead atoms.